The quantitative estimate of drug-likeness (QED) is 0.522. The maximum absolute atomic E-state index is 10.9. The van der Waals surface area contributed by atoms with Gasteiger partial charge in [-0.15, -0.1) is 0 Å². The Hall–Kier alpha value is -2.44. The third kappa shape index (κ3) is 6.17. The molecule has 7 heteroatoms. The third-order valence-electron chi connectivity index (χ3n) is 3.84. The second kappa shape index (κ2) is 9.15. The maximum atomic E-state index is 10.9. The summed E-state index contributed by atoms with van der Waals surface area (Å²) in [5, 5.41) is 23.1. The molecule has 6 nitrogen and oxygen atoms in total. The lowest BCUT2D eigenvalue weighted by atomic mass is 10.0. The van der Waals surface area contributed by atoms with Crippen molar-refractivity contribution in [2.75, 3.05) is 0 Å². The van der Waals surface area contributed by atoms with E-state index < -0.39 is 10.9 Å². The number of nitrogens with one attached hydrogen (secondary N) is 1. The van der Waals surface area contributed by atoms with Crippen LogP contribution in [0.25, 0.3) is 0 Å². The largest absolute Gasteiger partial charge is 0.481 e. The van der Waals surface area contributed by atoms with E-state index in [0.29, 0.717) is 19.4 Å². The Kier molecular flexibility index (Phi) is 6.91. The van der Waals surface area contributed by atoms with Crippen molar-refractivity contribution in [1.29, 1.82) is 0 Å². The molecule has 0 radical (unpaired) electrons. The number of carbonyl (C=O) groups is 1. The average molecular weight is 363 g/mol. The van der Waals surface area contributed by atoms with E-state index in [-0.39, 0.29) is 23.2 Å². The van der Waals surface area contributed by atoms with Gasteiger partial charge in [-0.2, -0.15) is 0 Å². The Balaban J connectivity index is 2.02. The van der Waals surface area contributed by atoms with E-state index in [4.69, 9.17) is 16.7 Å². The van der Waals surface area contributed by atoms with Gasteiger partial charge in [0.15, 0.2) is 0 Å². The zero-order chi connectivity index (χ0) is 18.2. The molecule has 2 N–H and O–H groups in total. The van der Waals surface area contributed by atoms with Crippen molar-refractivity contribution >= 4 is 23.3 Å². The van der Waals surface area contributed by atoms with Crippen molar-refractivity contribution in [1.82, 2.24) is 5.32 Å². The van der Waals surface area contributed by atoms with Gasteiger partial charge in [0.2, 0.25) is 0 Å². The lowest BCUT2D eigenvalue weighted by molar-refractivity contribution is -0.384. The first kappa shape index (κ1) is 18.9. The number of hydrogen-bond acceptors (Lipinski definition) is 4. The number of rotatable bonds is 9. The molecule has 2 aromatic rings. The van der Waals surface area contributed by atoms with Gasteiger partial charge in [0, 0.05) is 25.1 Å². The molecule has 132 valence electrons. The Morgan fingerprint density at radius 2 is 1.92 bits per heavy atom. The highest BCUT2D eigenvalue weighted by Gasteiger charge is 2.14. The highest BCUT2D eigenvalue weighted by Crippen LogP contribution is 2.25. The van der Waals surface area contributed by atoms with Crippen molar-refractivity contribution < 1.29 is 14.8 Å². The highest BCUT2D eigenvalue weighted by atomic mass is 35.5. The standard InChI is InChI=1S/C18H19ClN2O4/c19-16-11-14(6-8-17(16)21(24)25)12-20-15(7-9-18(22)23)10-13-4-2-1-3-5-13/h1-6,8,11,15,20H,7,9-10,12H2,(H,22,23). The summed E-state index contributed by atoms with van der Waals surface area (Å²) in [4.78, 5) is 21.1. The summed E-state index contributed by atoms with van der Waals surface area (Å²) >= 11 is 5.93. The van der Waals surface area contributed by atoms with E-state index in [0.717, 1.165) is 11.1 Å². The summed E-state index contributed by atoms with van der Waals surface area (Å²) in [6.07, 6.45) is 1.27. The van der Waals surface area contributed by atoms with Crippen LogP contribution in [-0.2, 0) is 17.8 Å². The minimum atomic E-state index is -0.835. The van der Waals surface area contributed by atoms with Gasteiger partial charge in [-0.25, -0.2) is 0 Å². The molecule has 1 atom stereocenters. The minimum absolute atomic E-state index is 0.0209. The second-order valence-electron chi connectivity index (χ2n) is 5.74. The zero-order valence-corrected chi connectivity index (χ0v) is 14.3. The normalized spacial score (nSPS) is 11.9. The van der Waals surface area contributed by atoms with Crippen molar-refractivity contribution in [2.24, 2.45) is 0 Å². The second-order valence-corrected chi connectivity index (χ2v) is 6.15. The van der Waals surface area contributed by atoms with Crippen LogP contribution >= 0.6 is 11.6 Å². The van der Waals surface area contributed by atoms with Crippen LogP contribution < -0.4 is 5.32 Å². The molecule has 0 bridgehead atoms. The summed E-state index contributed by atoms with van der Waals surface area (Å²) in [7, 11) is 0. The molecule has 25 heavy (non-hydrogen) atoms. The van der Waals surface area contributed by atoms with Gasteiger partial charge in [-0.3, -0.25) is 14.9 Å². The molecule has 0 aliphatic carbocycles. The summed E-state index contributed by atoms with van der Waals surface area (Å²) in [6, 6.07) is 14.4. The van der Waals surface area contributed by atoms with Crippen LogP contribution in [0.2, 0.25) is 5.02 Å². The molecule has 0 aliphatic heterocycles. The molecule has 0 amide bonds. The number of benzene rings is 2. The number of halogens is 1. The van der Waals surface area contributed by atoms with Crippen LogP contribution in [0.1, 0.15) is 24.0 Å². The van der Waals surface area contributed by atoms with Crippen LogP contribution in [0.4, 0.5) is 5.69 Å². The highest BCUT2D eigenvalue weighted by molar-refractivity contribution is 6.32. The SMILES string of the molecule is O=C(O)CCC(Cc1ccccc1)NCc1ccc([N+](=O)[O-])c(Cl)c1. The Morgan fingerprint density at radius 3 is 2.52 bits per heavy atom. The molecular formula is C18H19ClN2O4. The van der Waals surface area contributed by atoms with Crippen LogP contribution in [0.15, 0.2) is 48.5 Å². The number of nitro groups is 1. The van der Waals surface area contributed by atoms with Crippen molar-refractivity contribution in [3.8, 4) is 0 Å². The first-order valence-electron chi connectivity index (χ1n) is 7.87. The maximum Gasteiger partial charge on any atom is 0.303 e. The molecule has 0 heterocycles. The van der Waals surface area contributed by atoms with Crippen molar-refractivity contribution in [3.63, 3.8) is 0 Å². The number of nitrogens with zero attached hydrogens (tertiary/aromatic N) is 1. The predicted octanol–water partition coefficient (Wildman–Crippen LogP) is 3.81. The van der Waals surface area contributed by atoms with Crippen LogP contribution in [-0.4, -0.2) is 22.0 Å². The molecule has 0 aromatic heterocycles. The fraction of sp³-hybridized carbons (Fsp3) is 0.278. The first-order chi connectivity index (χ1) is 12.0. The Labute approximate surface area is 150 Å². The molecule has 2 rings (SSSR count). The number of carboxylic acids is 1. The fourth-order valence-corrected chi connectivity index (χ4v) is 2.82. The number of nitro benzene ring substituents is 1. The molecule has 0 fully saturated rings. The Bertz CT molecular complexity index is 737. The lowest BCUT2D eigenvalue weighted by Crippen LogP contribution is -2.31. The van der Waals surface area contributed by atoms with E-state index in [1.165, 1.54) is 6.07 Å². The number of aliphatic carboxylic acids is 1. The van der Waals surface area contributed by atoms with E-state index in [1.807, 2.05) is 30.3 Å². The predicted molar refractivity (Wildman–Crippen MR) is 95.7 cm³/mol. The number of hydrogen-bond donors (Lipinski definition) is 2. The summed E-state index contributed by atoms with van der Waals surface area (Å²) in [6.45, 7) is 0.453. The van der Waals surface area contributed by atoms with E-state index in [2.05, 4.69) is 5.32 Å². The van der Waals surface area contributed by atoms with Gasteiger partial charge >= 0.3 is 5.97 Å². The average Bonchev–Trinajstić information content (AvgIpc) is 2.58. The third-order valence-corrected chi connectivity index (χ3v) is 4.14. The zero-order valence-electron chi connectivity index (χ0n) is 13.5. The molecule has 0 saturated carbocycles. The van der Waals surface area contributed by atoms with Crippen LogP contribution in [0, 0.1) is 10.1 Å². The molecule has 0 spiro atoms. The molecule has 0 saturated heterocycles. The lowest BCUT2D eigenvalue weighted by Gasteiger charge is -2.18. The monoisotopic (exact) mass is 362 g/mol. The van der Waals surface area contributed by atoms with Crippen molar-refractivity contribution in [2.45, 2.75) is 31.8 Å². The molecule has 1 unspecified atom stereocenters. The molecular weight excluding hydrogens is 344 g/mol. The molecule has 2 aromatic carbocycles. The topological polar surface area (TPSA) is 92.5 Å². The fourth-order valence-electron chi connectivity index (χ4n) is 2.54. The van der Waals surface area contributed by atoms with E-state index in [1.54, 1.807) is 12.1 Å². The van der Waals surface area contributed by atoms with Gasteiger partial charge in [0.05, 0.1) is 4.92 Å². The Morgan fingerprint density at radius 1 is 1.20 bits per heavy atom. The van der Waals surface area contributed by atoms with E-state index in [9.17, 15) is 14.9 Å². The van der Waals surface area contributed by atoms with E-state index >= 15 is 0 Å². The van der Waals surface area contributed by atoms with Crippen molar-refractivity contribution in [3.05, 3.63) is 74.8 Å². The first-order valence-corrected chi connectivity index (χ1v) is 8.25. The van der Waals surface area contributed by atoms with Gasteiger partial charge in [0.1, 0.15) is 5.02 Å². The van der Waals surface area contributed by atoms with Crippen LogP contribution in [0.3, 0.4) is 0 Å². The summed E-state index contributed by atoms with van der Waals surface area (Å²) in [5.74, 6) is -0.835. The van der Waals surface area contributed by atoms with Crippen LogP contribution in [0.5, 0.6) is 0 Å². The summed E-state index contributed by atoms with van der Waals surface area (Å²) < 4.78 is 0. The van der Waals surface area contributed by atoms with Gasteiger partial charge in [0.25, 0.3) is 5.69 Å². The van der Waals surface area contributed by atoms with Gasteiger partial charge in [-0.05, 0) is 30.0 Å². The molecule has 0 aliphatic rings. The van der Waals surface area contributed by atoms with Gasteiger partial charge in [-0.1, -0.05) is 48.0 Å². The number of carboxylic acid groups (broad SMARTS) is 1. The van der Waals surface area contributed by atoms with Gasteiger partial charge < -0.3 is 10.4 Å². The minimum Gasteiger partial charge on any atom is -0.481 e. The smallest absolute Gasteiger partial charge is 0.303 e. The summed E-state index contributed by atoms with van der Waals surface area (Å²) in [5.41, 5.74) is 1.80.